The lowest BCUT2D eigenvalue weighted by Crippen LogP contribution is -2.56. The highest BCUT2D eigenvalue weighted by Crippen LogP contribution is 2.45. The van der Waals surface area contributed by atoms with Gasteiger partial charge in [0.2, 0.25) is 5.89 Å². The van der Waals surface area contributed by atoms with E-state index in [1.807, 2.05) is 0 Å². The second-order valence-corrected chi connectivity index (χ2v) is 7.01. The summed E-state index contributed by atoms with van der Waals surface area (Å²) < 4.78 is 86.7. The van der Waals surface area contributed by atoms with E-state index in [9.17, 15) is 26.3 Å². The lowest BCUT2D eigenvalue weighted by Gasteiger charge is -2.33. The zero-order valence-electron chi connectivity index (χ0n) is 16.6. The molecular formula is C21H17F6N3O2. The molecule has 5 nitrogen and oxygen atoms in total. The highest BCUT2D eigenvalue weighted by molar-refractivity contribution is 5.61. The average Bonchev–Trinajstić information content (AvgIpc) is 3.01. The van der Waals surface area contributed by atoms with Crippen molar-refractivity contribution in [2.24, 2.45) is 0 Å². The van der Waals surface area contributed by atoms with Crippen LogP contribution in [0, 0.1) is 11.3 Å². The Labute approximate surface area is 178 Å². The van der Waals surface area contributed by atoms with Gasteiger partial charge in [0, 0.05) is 17.8 Å². The third kappa shape index (κ3) is 4.80. The summed E-state index contributed by atoms with van der Waals surface area (Å²) in [6, 6.07) is 8.46. The standard InChI is InChI=1S/C21H17F6N3O2/c1-19(20(22,23)24,21(25,26)27)31-10-9-29-15-7-5-14(6-8-15)18-30-16-11-13(12-28)3-2-4-17(16)32-18/h3-8,11,29H,2,9-10H2,1H3. The number of aromatic nitrogens is 1. The smallest absolute Gasteiger partial charge is 0.426 e. The van der Waals surface area contributed by atoms with Gasteiger partial charge in [0.25, 0.3) is 5.60 Å². The van der Waals surface area contributed by atoms with Crippen LogP contribution in [-0.4, -0.2) is 36.1 Å². The number of fused-ring (bicyclic) bond motifs is 1. The summed E-state index contributed by atoms with van der Waals surface area (Å²) in [5.41, 5.74) is -2.19. The molecule has 1 aromatic carbocycles. The third-order valence-electron chi connectivity index (χ3n) is 4.78. The predicted molar refractivity (Wildman–Crippen MR) is 103 cm³/mol. The molecule has 0 saturated heterocycles. The highest BCUT2D eigenvalue weighted by atomic mass is 19.4. The topological polar surface area (TPSA) is 71.1 Å². The Balaban J connectivity index is 1.64. The molecule has 0 atom stereocenters. The molecule has 0 fully saturated rings. The average molecular weight is 457 g/mol. The minimum absolute atomic E-state index is 0.0378. The summed E-state index contributed by atoms with van der Waals surface area (Å²) in [7, 11) is 0. The lowest BCUT2D eigenvalue weighted by molar-refractivity contribution is -0.373. The van der Waals surface area contributed by atoms with E-state index in [0.717, 1.165) is 0 Å². The van der Waals surface area contributed by atoms with Gasteiger partial charge in [-0.3, -0.25) is 0 Å². The van der Waals surface area contributed by atoms with Crippen LogP contribution in [0.4, 0.5) is 32.0 Å². The minimum atomic E-state index is -5.60. The molecule has 11 heteroatoms. The first-order valence-corrected chi connectivity index (χ1v) is 9.35. The Morgan fingerprint density at radius 1 is 1.09 bits per heavy atom. The van der Waals surface area contributed by atoms with Gasteiger partial charge in [-0.05, 0) is 49.8 Å². The van der Waals surface area contributed by atoms with E-state index in [-0.39, 0.29) is 13.5 Å². The normalized spacial score (nSPS) is 14.4. The molecule has 0 saturated carbocycles. The largest absolute Gasteiger partial charge is 0.436 e. The summed E-state index contributed by atoms with van der Waals surface area (Å²) in [6.07, 6.45) is -5.53. The van der Waals surface area contributed by atoms with Crippen LogP contribution in [0.25, 0.3) is 23.6 Å². The number of nitrogens with zero attached hydrogens (tertiary/aromatic N) is 2. The van der Waals surface area contributed by atoms with Crippen molar-refractivity contribution in [3.63, 3.8) is 0 Å². The molecule has 0 radical (unpaired) electrons. The van der Waals surface area contributed by atoms with Gasteiger partial charge in [0.15, 0.2) is 5.42 Å². The fraction of sp³-hybridized carbons (Fsp3) is 0.333. The highest BCUT2D eigenvalue weighted by Gasteiger charge is 2.69. The third-order valence-corrected chi connectivity index (χ3v) is 4.78. The number of alkyl halides is 6. The van der Waals surface area contributed by atoms with Crippen LogP contribution >= 0.6 is 0 Å². The molecule has 0 bridgehead atoms. The number of anilines is 1. The second kappa shape index (κ2) is 8.70. The minimum Gasteiger partial charge on any atom is -0.436 e. The summed E-state index contributed by atoms with van der Waals surface area (Å²) in [4.78, 5) is 4.36. The quantitative estimate of drug-likeness (QED) is 0.523. The maximum atomic E-state index is 12.8. The number of oxazole rings is 1. The SMILES string of the molecule is CC(OCCNc1ccc(-c2nc3c(o2)=CCC=C(C#N)C=3)cc1)(C(F)(F)F)C(F)(F)F. The molecule has 0 unspecified atom stereocenters. The number of rotatable bonds is 6. The van der Waals surface area contributed by atoms with Gasteiger partial charge < -0.3 is 14.5 Å². The molecule has 3 rings (SSSR count). The molecule has 32 heavy (non-hydrogen) atoms. The van der Waals surface area contributed by atoms with Gasteiger partial charge in [-0.2, -0.15) is 31.6 Å². The van der Waals surface area contributed by atoms with Crippen LogP contribution in [0.15, 0.2) is 40.3 Å². The van der Waals surface area contributed by atoms with Crippen molar-refractivity contribution in [3.05, 3.63) is 46.7 Å². The Morgan fingerprint density at radius 2 is 1.75 bits per heavy atom. The van der Waals surface area contributed by atoms with Gasteiger partial charge in [0.1, 0.15) is 5.35 Å². The first kappa shape index (κ1) is 23.4. The Morgan fingerprint density at radius 3 is 2.34 bits per heavy atom. The first-order chi connectivity index (χ1) is 14.9. The number of ether oxygens (including phenoxy) is 1. The number of benzene rings is 1. The Kier molecular flexibility index (Phi) is 6.37. The summed E-state index contributed by atoms with van der Waals surface area (Å²) >= 11 is 0. The van der Waals surface area contributed by atoms with Gasteiger partial charge in [0.05, 0.1) is 18.2 Å². The van der Waals surface area contributed by atoms with Gasteiger partial charge in [-0.15, -0.1) is 0 Å². The van der Waals surface area contributed by atoms with Crippen molar-refractivity contribution in [2.75, 3.05) is 18.5 Å². The van der Waals surface area contributed by atoms with Crippen LogP contribution in [0.3, 0.4) is 0 Å². The van der Waals surface area contributed by atoms with E-state index in [0.29, 0.717) is 39.9 Å². The van der Waals surface area contributed by atoms with Crippen molar-refractivity contribution in [1.82, 2.24) is 4.98 Å². The monoisotopic (exact) mass is 457 g/mol. The van der Waals surface area contributed by atoms with Gasteiger partial charge >= 0.3 is 12.4 Å². The van der Waals surface area contributed by atoms with Gasteiger partial charge in [-0.25, -0.2) is 4.98 Å². The number of hydrogen-bond acceptors (Lipinski definition) is 5. The van der Waals surface area contributed by atoms with E-state index in [1.54, 1.807) is 42.5 Å². The van der Waals surface area contributed by atoms with Crippen LogP contribution in [0.2, 0.25) is 0 Å². The molecule has 1 aromatic heterocycles. The van der Waals surface area contributed by atoms with Crippen molar-refractivity contribution in [3.8, 4) is 17.5 Å². The van der Waals surface area contributed by atoms with Crippen LogP contribution in [-0.2, 0) is 4.74 Å². The molecule has 1 heterocycles. The summed E-state index contributed by atoms with van der Waals surface area (Å²) in [5, 5.41) is 12.3. The molecule has 2 aromatic rings. The maximum absolute atomic E-state index is 12.8. The number of hydrogen-bond donors (Lipinski definition) is 1. The van der Waals surface area contributed by atoms with E-state index in [1.165, 1.54) is 0 Å². The van der Waals surface area contributed by atoms with E-state index >= 15 is 0 Å². The predicted octanol–water partition coefficient (Wildman–Crippen LogP) is 4.07. The molecule has 1 N–H and O–H groups in total. The van der Waals surface area contributed by atoms with Crippen molar-refractivity contribution >= 4 is 17.8 Å². The zero-order valence-corrected chi connectivity index (χ0v) is 16.6. The lowest BCUT2D eigenvalue weighted by atomic mass is 10.1. The van der Waals surface area contributed by atoms with Crippen LogP contribution in [0.1, 0.15) is 13.3 Å². The zero-order chi connectivity index (χ0) is 23.6. The van der Waals surface area contributed by atoms with Gasteiger partial charge in [-0.1, -0.05) is 6.08 Å². The fourth-order valence-electron chi connectivity index (χ4n) is 2.80. The van der Waals surface area contributed by atoms with E-state index in [2.05, 4.69) is 21.1 Å². The molecule has 1 aliphatic rings. The molecule has 170 valence electrons. The second-order valence-electron chi connectivity index (χ2n) is 7.01. The van der Waals surface area contributed by atoms with Crippen LogP contribution in [0.5, 0.6) is 0 Å². The summed E-state index contributed by atoms with van der Waals surface area (Å²) in [5.74, 6) is 0.308. The fourth-order valence-corrected chi connectivity index (χ4v) is 2.80. The number of halogens is 6. The Bertz CT molecular complexity index is 1140. The van der Waals surface area contributed by atoms with Crippen molar-refractivity contribution in [2.45, 2.75) is 31.3 Å². The number of nitrogens with one attached hydrogen (secondary N) is 1. The summed E-state index contributed by atoms with van der Waals surface area (Å²) in [6.45, 7) is -1.13. The van der Waals surface area contributed by atoms with E-state index in [4.69, 9.17) is 9.68 Å². The van der Waals surface area contributed by atoms with Crippen molar-refractivity contribution < 1.29 is 35.5 Å². The molecule has 1 aliphatic carbocycles. The molecule has 0 amide bonds. The van der Waals surface area contributed by atoms with Crippen molar-refractivity contribution in [1.29, 1.82) is 5.26 Å². The van der Waals surface area contributed by atoms with E-state index < -0.39 is 24.6 Å². The number of nitriles is 1. The molecule has 0 aliphatic heterocycles. The maximum Gasteiger partial charge on any atom is 0.426 e. The first-order valence-electron chi connectivity index (χ1n) is 9.35. The molecular weight excluding hydrogens is 440 g/mol. The van der Waals surface area contributed by atoms with Crippen LogP contribution < -0.4 is 16.1 Å². The molecule has 0 spiro atoms. The number of allylic oxidation sites excluding steroid dienone is 2. The Hall–Kier alpha value is -3.26.